The summed E-state index contributed by atoms with van der Waals surface area (Å²) in [6, 6.07) is 5.61. The molecule has 0 aliphatic heterocycles. The van der Waals surface area contributed by atoms with Gasteiger partial charge in [0.25, 0.3) is 0 Å². The fourth-order valence-electron chi connectivity index (χ4n) is 4.52. The van der Waals surface area contributed by atoms with E-state index in [-0.39, 0.29) is 18.3 Å². The monoisotopic (exact) mass is 448 g/mol. The van der Waals surface area contributed by atoms with Crippen molar-refractivity contribution in [2.75, 3.05) is 20.3 Å². The maximum Gasteiger partial charge on any atom is 0.145 e. The number of hydrogen-bond donors (Lipinski definition) is 1. The minimum Gasteiger partial charge on any atom is -0.396 e. The van der Waals surface area contributed by atoms with Gasteiger partial charge in [0.15, 0.2) is 0 Å². The van der Waals surface area contributed by atoms with E-state index in [0.717, 1.165) is 42.1 Å². The van der Waals surface area contributed by atoms with Crippen molar-refractivity contribution in [3.8, 4) is 0 Å². The van der Waals surface area contributed by atoms with Crippen molar-refractivity contribution in [3.05, 3.63) is 47.3 Å². The molecule has 0 radical (unpaired) electrons. The number of allylic oxidation sites excluding steroid dienone is 1. The molecule has 1 aliphatic rings. The number of carbonyl (C=O) groups excluding carboxylic acids is 1. The molecule has 0 heterocycles. The zero-order chi connectivity index (χ0) is 23.8. The number of aliphatic hydroxyl groups is 1. The third-order valence-electron chi connectivity index (χ3n) is 6.51. The summed E-state index contributed by atoms with van der Waals surface area (Å²) in [5.74, 6) is 1.66. The van der Waals surface area contributed by atoms with Gasteiger partial charge in [-0.1, -0.05) is 77.0 Å². The third kappa shape index (κ3) is 11.9. The molecular weight excluding hydrogens is 403 g/mol. The minimum atomic E-state index is -0.0881. The number of ether oxygens (including phenoxy) is 1. The van der Waals surface area contributed by atoms with Crippen LogP contribution < -0.4 is 0 Å². The number of unbranched alkanes of at least 4 members (excludes halogenated alkanes) is 2. The van der Waals surface area contributed by atoms with Crippen LogP contribution in [-0.4, -0.2) is 31.7 Å². The number of aliphatic hydroxyl groups excluding tert-OH is 1. The summed E-state index contributed by atoms with van der Waals surface area (Å²) in [6.07, 6.45) is 14.2. The van der Waals surface area contributed by atoms with Crippen LogP contribution in [0.25, 0.3) is 0 Å². The summed E-state index contributed by atoms with van der Waals surface area (Å²) in [5.41, 5.74) is 2.36. The largest absolute Gasteiger partial charge is 0.396 e. The molecule has 1 fully saturated rings. The summed E-state index contributed by atoms with van der Waals surface area (Å²) in [6.45, 7) is 7.81. The summed E-state index contributed by atoms with van der Waals surface area (Å²) < 4.78 is 19.6. The molecule has 1 N–H and O–H groups in total. The molecule has 1 aromatic carbocycles. The van der Waals surface area contributed by atoms with Crippen molar-refractivity contribution < 1.29 is 19.0 Å². The second-order valence-electron chi connectivity index (χ2n) is 9.52. The molecule has 1 unspecified atom stereocenters. The van der Waals surface area contributed by atoms with E-state index < -0.39 is 0 Å². The van der Waals surface area contributed by atoms with Gasteiger partial charge < -0.3 is 9.84 Å². The van der Waals surface area contributed by atoms with E-state index in [0.29, 0.717) is 18.6 Å². The first-order valence-corrected chi connectivity index (χ1v) is 12.4. The topological polar surface area (TPSA) is 46.5 Å². The molecule has 0 bridgehead atoms. The van der Waals surface area contributed by atoms with E-state index in [1.54, 1.807) is 20.1 Å². The lowest BCUT2D eigenvalue weighted by Gasteiger charge is -2.28. The highest BCUT2D eigenvalue weighted by Gasteiger charge is 2.21. The maximum absolute atomic E-state index is 14.5. The fraction of sp³-hybridized carbons (Fsp3) is 0.679. The molecule has 32 heavy (non-hydrogen) atoms. The van der Waals surface area contributed by atoms with Crippen molar-refractivity contribution in [1.82, 2.24) is 0 Å². The van der Waals surface area contributed by atoms with E-state index in [1.807, 2.05) is 12.1 Å². The molecule has 2 rings (SSSR count). The van der Waals surface area contributed by atoms with Crippen LogP contribution in [0.4, 0.5) is 4.39 Å². The van der Waals surface area contributed by atoms with E-state index in [4.69, 9.17) is 4.74 Å². The summed E-state index contributed by atoms with van der Waals surface area (Å²) >= 11 is 0. The van der Waals surface area contributed by atoms with Crippen LogP contribution in [0.2, 0.25) is 0 Å². The van der Waals surface area contributed by atoms with E-state index >= 15 is 0 Å². The van der Waals surface area contributed by atoms with Crippen LogP contribution in [0, 0.1) is 23.6 Å². The van der Waals surface area contributed by atoms with Gasteiger partial charge in [0.2, 0.25) is 0 Å². The standard InChI is InChI=1S/C24H39FO2.C4H6O/c1-3-4-5-6-19-7-9-20(10-8-19)11-13-23-14-12-21(16-24(23)25)15-22(17-26)18-27-2;1-4(2)3-5/h12,14,16,19-20,22,26H,3-11,13,15,17-18H2,1-2H3;3H,1H2,2H3. The van der Waals surface area contributed by atoms with Gasteiger partial charge in [-0.2, -0.15) is 0 Å². The van der Waals surface area contributed by atoms with Crippen LogP contribution >= 0.6 is 0 Å². The molecular formula is C28H45FO3. The fourth-order valence-corrected chi connectivity index (χ4v) is 4.52. The SMILES string of the molecule is C=C(C)C=O.CCCCCC1CCC(CCc2ccc(CC(CO)COC)cc2F)CC1. The molecule has 1 atom stereocenters. The first-order chi connectivity index (χ1) is 15.4. The molecule has 0 aromatic heterocycles. The van der Waals surface area contributed by atoms with Crippen LogP contribution in [0.3, 0.4) is 0 Å². The number of halogens is 1. The van der Waals surface area contributed by atoms with Crippen molar-refractivity contribution in [2.45, 2.75) is 84.5 Å². The highest BCUT2D eigenvalue weighted by Crippen LogP contribution is 2.34. The van der Waals surface area contributed by atoms with E-state index in [9.17, 15) is 14.3 Å². The molecule has 0 amide bonds. The van der Waals surface area contributed by atoms with Crippen molar-refractivity contribution in [3.63, 3.8) is 0 Å². The molecule has 0 saturated heterocycles. The Kier molecular flexibility index (Phi) is 15.2. The number of hydrogen-bond acceptors (Lipinski definition) is 3. The first-order valence-electron chi connectivity index (χ1n) is 12.4. The summed E-state index contributed by atoms with van der Waals surface area (Å²) in [4.78, 5) is 9.41. The van der Waals surface area contributed by atoms with Crippen LogP contribution in [0.5, 0.6) is 0 Å². The Morgan fingerprint density at radius 1 is 1.22 bits per heavy atom. The highest BCUT2D eigenvalue weighted by atomic mass is 19.1. The van der Waals surface area contributed by atoms with Crippen molar-refractivity contribution in [2.24, 2.45) is 17.8 Å². The first kappa shape index (κ1) is 28.5. The highest BCUT2D eigenvalue weighted by molar-refractivity contribution is 5.70. The lowest BCUT2D eigenvalue weighted by atomic mass is 9.77. The Bertz CT molecular complexity index is 650. The second-order valence-corrected chi connectivity index (χ2v) is 9.52. The number of rotatable bonds is 13. The average Bonchev–Trinajstić information content (AvgIpc) is 2.79. The second kappa shape index (κ2) is 17.0. The Morgan fingerprint density at radius 2 is 1.84 bits per heavy atom. The van der Waals surface area contributed by atoms with Crippen LogP contribution in [0.1, 0.15) is 82.8 Å². The third-order valence-corrected chi connectivity index (χ3v) is 6.51. The van der Waals surface area contributed by atoms with Gasteiger partial charge in [-0.15, -0.1) is 0 Å². The molecule has 1 saturated carbocycles. The van der Waals surface area contributed by atoms with E-state index in [2.05, 4.69) is 13.5 Å². The number of carbonyl (C=O) groups is 1. The van der Waals surface area contributed by atoms with Gasteiger partial charge in [-0.05, 0) is 60.8 Å². The van der Waals surface area contributed by atoms with Crippen LogP contribution in [0.15, 0.2) is 30.4 Å². The Morgan fingerprint density at radius 3 is 2.34 bits per heavy atom. The molecule has 1 aliphatic carbocycles. The molecule has 182 valence electrons. The molecule has 4 heteroatoms. The van der Waals surface area contributed by atoms with Crippen LogP contribution in [-0.2, 0) is 22.4 Å². The predicted octanol–water partition coefficient (Wildman–Crippen LogP) is 6.70. The normalized spacial score (nSPS) is 19.0. The van der Waals surface area contributed by atoms with Gasteiger partial charge in [0, 0.05) is 19.6 Å². The Labute approximate surface area is 195 Å². The van der Waals surface area contributed by atoms with Gasteiger partial charge in [-0.3, -0.25) is 4.79 Å². The van der Waals surface area contributed by atoms with Crippen molar-refractivity contribution in [1.29, 1.82) is 0 Å². The minimum absolute atomic E-state index is 0.0350. The number of methoxy groups -OCH3 is 1. The lowest BCUT2D eigenvalue weighted by molar-refractivity contribution is -0.104. The molecule has 1 aromatic rings. The molecule has 3 nitrogen and oxygen atoms in total. The average molecular weight is 449 g/mol. The number of aryl methyl sites for hydroxylation is 1. The quantitative estimate of drug-likeness (QED) is 0.207. The Hall–Kier alpha value is -1.52. The Balaban J connectivity index is 0.000000920. The number of benzene rings is 1. The van der Waals surface area contributed by atoms with Crippen molar-refractivity contribution >= 4 is 6.29 Å². The van der Waals surface area contributed by atoms with Gasteiger partial charge in [0.05, 0.1) is 6.61 Å². The van der Waals surface area contributed by atoms with E-state index in [1.165, 1.54) is 51.4 Å². The van der Waals surface area contributed by atoms with Gasteiger partial charge in [-0.25, -0.2) is 4.39 Å². The molecule has 0 spiro atoms. The zero-order valence-electron chi connectivity index (χ0n) is 20.6. The smallest absolute Gasteiger partial charge is 0.145 e. The zero-order valence-corrected chi connectivity index (χ0v) is 20.6. The lowest BCUT2D eigenvalue weighted by Crippen LogP contribution is -2.16. The van der Waals surface area contributed by atoms with Gasteiger partial charge in [0.1, 0.15) is 12.1 Å². The van der Waals surface area contributed by atoms with Gasteiger partial charge >= 0.3 is 0 Å². The predicted molar refractivity (Wildman–Crippen MR) is 131 cm³/mol. The maximum atomic E-state index is 14.5. The summed E-state index contributed by atoms with van der Waals surface area (Å²) in [7, 11) is 1.63. The number of aldehydes is 1. The summed E-state index contributed by atoms with van der Waals surface area (Å²) in [5, 5.41) is 9.38.